The zero-order valence-electron chi connectivity index (χ0n) is 8.86. The minimum atomic E-state index is 0.485. The van der Waals surface area contributed by atoms with E-state index >= 15 is 0 Å². The van der Waals surface area contributed by atoms with E-state index in [2.05, 4.69) is 41.5 Å². The highest BCUT2D eigenvalue weighted by Crippen LogP contribution is 2.59. The van der Waals surface area contributed by atoms with Crippen LogP contribution in [0, 0.1) is 22.7 Å². The Morgan fingerprint density at radius 2 is 1.64 bits per heavy atom. The van der Waals surface area contributed by atoms with Gasteiger partial charge in [-0.25, -0.2) is 0 Å². The Kier molecular flexibility index (Phi) is 1.85. The summed E-state index contributed by atoms with van der Waals surface area (Å²) < 4.78 is 0. The second-order valence-electron chi connectivity index (χ2n) is 5.64. The third-order valence-electron chi connectivity index (χ3n) is 4.32. The van der Waals surface area contributed by atoms with Crippen molar-refractivity contribution in [2.75, 3.05) is 0 Å². The standard InChI is InChI=1S/C11H22/c1-8-7-11(6,9(8)2)10(3,4)5/h8-9H,7H2,1-6H3. The molecule has 0 heterocycles. The van der Waals surface area contributed by atoms with Crippen molar-refractivity contribution in [1.29, 1.82) is 0 Å². The van der Waals surface area contributed by atoms with Crippen LogP contribution in [0.15, 0.2) is 0 Å². The van der Waals surface area contributed by atoms with Gasteiger partial charge in [-0.3, -0.25) is 0 Å². The molecule has 3 unspecified atom stereocenters. The molecule has 0 spiro atoms. The maximum atomic E-state index is 2.44. The molecule has 3 atom stereocenters. The van der Waals surface area contributed by atoms with E-state index in [1.54, 1.807) is 0 Å². The van der Waals surface area contributed by atoms with Gasteiger partial charge in [0.15, 0.2) is 0 Å². The topological polar surface area (TPSA) is 0 Å². The molecule has 0 amide bonds. The summed E-state index contributed by atoms with van der Waals surface area (Å²) in [5, 5.41) is 0. The molecule has 1 aliphatic rings. The molecule has 0 heteroatoms. The van der Waals surface area contributed by atoms with Gasteiger partial charge < -0.3 is 0 Å². The predicted molar refractivity (Wildman–Crippen MR) is 50.5 cm³/mol. The van der Waals surface area contributed by atoms with Crippen LogP contribution in [-0.2, 0) is 0 Å². The molecule has 0 nitrogen and oxygen atoms in total. The van der Waals surface area contributed by atoms with Crippen LogP contribution in [0.3, 0.4) is 0 Å². The average Bonchev–Trinajstić information content (AvgIpc) is 1.85. The van der Waals surface area contributed by atoms with Crippen LogP contribution < -0.4 is 0 Å². The minimum absolute atomic E-state index is 0.485. The lowest BCUT2D eigenvalue weighted by Crippen LogP contribution is -2.51. The molecule has 0 aromatic rings. The molecule has 0 aromatic carbocycles. The first-order valence-electron chi connectivity index (χ1n) is 4.79. The van der Waals surface area contributed by atoms with Crippen LogP contribution in [0.5, 0.6) is 0 Å². The van der Waals surface area contributed by atoms with Crippen molar-refractivity contribution in [3.8, 4) is 0 Å². The summed E-state index contributed by atoms with van der Waals surface area (Å²) >= 11 is 0. The highest BCUT2D eigenvalue weighted by Gasteiger charge is 2.51. The van der Waals surface area contributed by atoms with Gasteiger partial charge in [0.1, 0.15) is 0 Å². The van der Waals surface area contributed by atoms with Crippen molar-refractivity contribution >= 4 is 0 Å². The van der Waals surface area contributed by atoms with Crippen LogP contribution in [0.4, 0.5) is 0 Å². The molecular weight excluding hydrogens is 132 g/mol. The van der Waals surface area contributed by atoms with Crippen molar-refractivity contribution in [2.45, 2.75) is 48.0 Å². The maximum Gasteiger partial charge on any atom is -0.0246 e. The normalized spacial score (nSPS) is 45.3. The highest BCUT2D eigenvalue weighted by atomic mass is 14.6. The minimum Gasteiger partial charge on any atom is -0.0622 e. The fraction of sp³-hybridized carbons (Fsp3) is 1.00. The van der Waals surface area contributed by atoms with Gasteiger partial charge in [-0.2, -0.15) is 0 Å². The van der Waals surface area contributed by atoms with Gasteiger partial charge >= 0.3 is 0 Å². The Balaban J connectivity index is 2.73. The van der Waals surface area contributed by atoms with Crippen LogP contribution >= 0.6 is 0 Å². The molecule has 0 radical (unpaired) electrons. The molecule has 0 bridgehead atoms. The van der Waals surface area contributed by atoms with E-state index in [1.807, 2.05) is 0 Å². The molecule has 0 aromatic heterocycles. The second kappa shape index (κ2) is 2.24. The summed E-state index contributed by atoms with van der Waals surface area (Å²) in [6.07, 6.45) is 1.41. The summed E-state index contributed by atoms with van der Waals surface area (Å²) in [5.74, 6) is 1.85. The summed E-state index contributed by atoms with van der Waals surface area (Å²) in [7, 11) is 0. The molecule has 1 rings (SSSR count). The Morgan fingerprint density at radius 3 is 1.73 bits per heavy atom. The van der Waals surface area contributed by atoms with Crippen LogP contribution in [0.1, 0.15) is 48.0 Å². The first-order valence-corrected chi connectivity index (χ1v) is 4.79. The van der Waals surface area contributed by atoms with Gasteiger partial charge in [0.05, 0.1) is 0 Å². The molecule has 0 N–H and O–H groups in total. The fourth-order valence-electron chi connectivity index (χ4n) is 2.49. The van der Waals surface area contributed by atoms with Crippen molar-refractivity contribution in [3.05, 3.63) is 0 Å². The number of hydrogen-bond acceptors (Lipinski definition) is 0. The van der Waals surface area contributed by atoms with Crippen LogP contribution in [-0.4, -0.2) is 0 Å². The summed E-state index contributed by atoms with van der Waals surface area (Å²) in [6, 6.07) is 0. The monoisotopic (exact) mass is 154 g/mol. The second-order valence-corrected chi connectivity index (χ2v) is 5.64. The lowest BCUT2D eigenvalue weighted by atomic mass is 9.47. The SMILES string of the molecule is CC1CC(C)(C(C)(C)C)C1C. The molecule has 1 aliphatic carbocycles. The largest absolute Gasteiger partial charge is 0.0622 e. The van der Waals surface area contributed by atoms with Gasteiger partial charge in [-0.1, -0.05) is 41.5 Å². The third kappa shape index (κ3) is 1.11. The summed E-state index contributed by atoms with van der Waals surface area (Å²) in [5.41, 5.74) is 1.07. The van der Waals surface area contributed by atoms with E-state index in [1.165, 1.54) is 6.42 Å². The number of rotatable bonds is 0. The summed E-state index contributed by atoms with van der Waals surface area (Å²) in [6.45, 7) is 14.3. The molecule has 1 fully saturated rings. The first-order chi connectivity index (χ1) is 4.79. The smallest absolute Gasteiger partial charge is 0.0246 e. The quantitative estimate of drug-likeness (QED) is 0.499. The molecule has 0 aliphatic heterocycles. The van der Waals surface area contributed by atoms with Crippen LogP contribution in [0.2, 0.25) is 0 Å². The zero-order valence-corrected chi connectivity index (χ0v) is 8.86. The highest BCUT2D eigenvalue weighted by molar-refractivity contribution is 5.00. The van der Waals surface area contributed by atoms with Crippen molar-refractivity contribution in [3.63, 3.8) is 0 Å². The van der Waals surface area contributed by atoms with E-state index in [4.69, 9.17) is 0 Å². The Labute approximate surface area is 71.4 Å². The van der Waals surface area contributed by atoms with Crippen molar-refractivity contribution in [1.82, 2.24) is 0 Å². The van der Waals surface area contributed by atoms with Gasteiger partial charge in [0.25, 0.3) is 0 Å². The Hall–Kier alpha value is 0. The molecular formula is C11H22. The van der Waals surface area contributed by atoms with Gasteiger partial charge in [0.2, 0.25) is 0 Å². The Morgan fingerprint density at radius 1 is 1.18 bits per heavy atom. The van der Waals surface area contributed by atoms with Gasteiger partial charge in [0, 0.05) is 0 Å². The summed E-state index contributed by atoms with van der Waals surface area (Å²) in [4.78, 5) is 0. The zero-order chi connectivity index (χ0) is 8.86. The van der Waals surface area contributed by atoms with Crippen LogP contribution in [0.25, 0.3) is 0 Å². The first kappa shape index (κ1) is 9.09. The molecule has 11 heavy (non-hydrogen) atoms. The lowest BCUT2D eigenvalue weighted by Gasteiger charge is -2.58. The number of hydrogen-bond donors (Lipinski definition) is 0. The average molecular weight is 154 g/mol. The molecule has 1 saturated carbocycles. The predicted octanol–water partition coefficient (Wildman–Crippen LogP) is 3.71. The van der Waals surface area contributed by atoms with E-state index in [9.17, 15) is 0 Å². The molecule has 66 valence electrons. The van der Waals surface area contributed by atoms with Gasteiger partial charge in [-0.15, -0.1) is 0 Å². The Bertz CT molecular complexity index is 152. The lowest BCUT2D eigenvalue weighted by molar-refractivity contribution is -0.0929. The third-order valence-corrected chi connectivity index (χ3v) is 4.32. The van der Waals surface area contributed by atoms with E-state index in [0.29, 0.717) is 10.8 Å². The van der Waals surface area contributed by atoms with Gasteiger partial charge in [-0.05, 0) is 29.1 Å². The maximum absolute atomic E-state index is 2.44. The van der Waals surface area contributed by atoms with E-state index in [0.717, 1.165) is 11.8 Å². The van der Waals surface area contributed by atoms with Crippen molar-refractivity contribution in [2.24, 2.45) is 22.7 Å². The van der Waals surface area contributed by atoms with E-state index < -0.39 is 0 Å². The van der Waals surface area contributed by atoms with Crippen molar-refractivity contribution < 1.29 is 0 Å². The fourth-order valence-corrected chi connectivity index (χ4v) is 2.49. The molecule has 0 saturated heterocycles. The van der Waals surface area contributed by atoms with E-state index in [-0.39, 0.29) is 0 Å².